The summed E-state index contributed by atoms with van der Waals surface area (Å²) in [6, 6.07) is 2.96. The van der Waals surface area contributed by atoms with Crippen LogP contribution in [0.4, 0.5) is 0 Å². The van der Waals surface area contributed by atoms with Crippen molar-refractivity contribution >= 4 is 15.9 Å². The first-order valence-corrected chi connectivity index (χ1v) is 8.44. The zero-order chi connectivity index (χ0) is 15.3. The van der Waals surface area contributed by atoms with E-state index in [1.807, 2.05) is 0 Å². The summed E-state index contributed by atoms with van der Waals surface area (Å²) in [6.45, 7) is 1.18. The Balaban J connectivity index is 2.02. The Labute approximate surface area is 124 Å². The molecule has 1 aliphatic rings. The number of nitrogens with zero attached hydrogens (tertiary/aromatic N) is 2. The molecule has 1 aliphatic heterocycles. The quantitative estimate of drug-likeness (QED) is 0.785. The highest BCUT2D eigenvalue weighted by Crippen LogP contribution is 2.12. The van der Waals surface area contributed by atoms with Gasteiger partial charge in [0.15, 0.2) is 0 Å². The number of nitrogens with one attached hydrogen (secondary N) is 1. The van der Waals surface area contributed by atoms with Gasteiger partial charge < -0.3 is 10.6 Å². The Hall–Kier alpha value is -1.51. The molecule has 3 N–H and O–H groups in total. The van der Waals surface area contributed by atoms with Gasteiger partial charge in [-0.2, -0.15) is 0 Å². The number of amides is 1. The maximum atomic E-state index is 12.2. The highest BCUT2D eigenvalue weighted by atomic mass is 32.2. The minimum atomic E-state index is -3.78. The van der Waals surface area contributed by atoms with Gasteiger partial charge in [-0.05, 0) is 31.4 Å². The third kappa shape index (κ3) is 3.99. The summed E-state index contributed by atoms with van der Waals surface area (Å²) in [4.78, 5) is 17.7. The highest BCUT2D eigenvalue weighted by molar-refractivity contribution is 7.89. The predicted molar refractivity (Wildman–Crippen MR) is 77.7 cm³/mol. The number of carbonyl (C=O) groups excluding carboxylic acids is 1. The molecule has 0 bridgehead atoms. The molecule has 2 heterocycles. The van der Waals surface area contributed by atoms with Crippen LogP contribution in [0, 0.1) is 0 Å². The predicted octanol–water partition coefficient (Wildman–Crippen LogP) is -0.169. The standard InChI is InChI=1S/C13H20N4O3S/c14-9-11-12(5-4-6-15-11)21(19,20)16-10-13(18)17-7-2-1-3-8-17/h4-6,16H,1-3,7-10,14H2. The summed E-state index contributed by atoms with van der Waals surface area (Å²) < 4.78 is 26.8. The zero-order valence-electron chi connectivity index (χ0n) is 11.8. The lowest BCUT2D eigenvalue weighted by molar-refractivity contribution is -0.130. The molecular weight excluding hydrogens is 292 g/mol. The van der Waals surface area contributed by atoms with Gasteiger partial charge in [-0.1, -0.05) is 0 Å². The molecule has 1 aromatic rings. The van der Waals surface area contributed by atoms with Gasteiger partial charge in [0.05, 0.1) is 12.2 Å². The second kappa shape index (κ2) is 6.97. The topological polar surface area (TPSA) is 105 Å². The molecule has 1 saturated heterocycles. The van der Waals surface area contributed by atoms with Crippen molar-refractivity contribution in [2.75, 3.05) is 19.6 Å². The lowest BCUT2D eigenvalue weighted by Gasteiger charge is -2.26. The van der Waals surface area contributed by atoms with E-state index in [-0.39, 0.29) is 29.6 Å². The maximum absolute atomic E-state index is 12.2. The van der Waals surface area contributed by atoms with Gasteiger partial charge >= 0.3 is 0 Å². The molecule has 0 unspecified atom stereocenters. The van der Waals surface area contributed by atoms with Gasteiger partial charge in [0.1, 0.15) is 4.90 Å². The Kier molecular flexibility index (Phi) is 5.27. The zero-order valence-corrected chi connectivity index (χ0v) is 12.6. The van der Waals surface area contributed by atoms with Crippen molar-refractivity contribution in [3.05, 3.63) is 24.0 Å². The summed E-state index contributed by atoms with van der Waals surface area (Å²) in [5.74, 6) is -0.198. The smallest absolute Gasteiger partial charge is 0.242 e. The summed E-state index contributed by atoms with van der Waals surface area (Å²) >= 11 is 0. The third-order valence-electron chi connectivity index (χ3n) is 3.45. The SMILES string of the molecule is NCc1ncccc1S(=O)(=O)NCC(=O)N1CCCCC1. The minimum absolute atomic E-state index is 0.0250. The second-order valence-electron chi connectivity index (χ2n) is 4.92. The Morgan fingerprint density at radius 1 is 1.33 bits per heavy atom. The van der Waals surface area contributed by atoms with Gasteiger partial charge in [-0.15, -0.1) is 0 Å². The van der Waals surface area contributed by atoms with E-state index in [1.54, 1.807) is 4.90 Å². The monoisotopic (exact) mass is 312 g/mol. The Morgan fingerprint density at radius 2 is 2.05 bits per heavy atom. The first kappa shape index (κ1) is 15.9. The molecule has 0 aliphatic carbocycles. The number of aromatic nitrogens is 1. The van der Waals surface area contributed by atoms with Crippen molar-refractivity contribution in [3.63, 3.8) is 0 Å². The molecule has 0 spiro atoms. The molecule has 2 rings (SSSR count). The molecule has 7 nitrogen and oxygen atoms in total. The highest BCUT2D eigenvalue weighted by Gasteiger charge is 2.22. The van der Waals surface area contributed by atoms with Gasteiger partial charge in [-0.3, -0.25) is 9.78 Å². The van der Waals surface area contributed by atoms with Crippen LogP contribution in [0.1, 0.15) is 25.0 Å². The van der Waals surface area contributed by atoms with Crippen molar-refractivity contribution in [1.29, 1.82) is 0 Å². The van der Waals surface area contributed by atoms with Crippen LogP contribution in [0.5, 0.6) is 0 Å². The van der Waals surface area contributed by atoms with Crippen LogP contribution in [0.15, 0.2) is 23.2 Å². The van der Waals surface area contributed by atoms with Crippen molar-refractivity contribution in [3.8, 4) is 0 Å². The summed E-state index contributed by atoms with van der Waals surface area (Å²) in [5.41, 5.74) is 5.78. The number of hydrogen-bond donors (Lipinski definition) is 2. The van der Waals surface area contributed by atoms with Gasteiger partial charge in [0.2, 0.25) is 15.9 Å². The van der Waals surface area contributed by atoms with Crippen LogP contribution in [0.25, 0.3) is 0 Å². The molecule has 1 aromatic heterocycles. The van der Waals surface area contributed by atoms with E-state index in [1.165, 1.54) is 18.3 Å². The van der Waals surface area contributed by atoms with E-state index < -0.39 is 10.0 Å². The molecular formula is C13H20N4O3S. The molecule has 1 fully saturated rings. The van der Waals surface area contributed by atoms with Crippen LogP contribution in [0.3, 0.4) is 0 Å². The molecule has 116 valence electrons. The van der Waals surface area contributed by atoms with Crippen molar-refractivity contribution < 1.29 is 13.2 Å². The van der Waals surface area contributed by atoms with Crippen LogP contribution in [0.2, 0.25) is 0 Å². The second-order valence-corrected chi connectivity index (χ2v) is 6.65. The van der Waals surface area contributed by atoms with E-state index in [9.17, 15) is 13.2 Å². The van der Waals surface area contributed by atoms with Crippen LogP contribution < -0.4 is 10.5 Å². The number of piperidine rings is 1. The fourth-order valence-electron chi connectivity index (χ4n) is 2.31. The number of rotatable bonds is 5. The number of sulfonamides is 1. The van der Waals surface area contributed by atoms with E-state index in [0.29, 0.717) is 13.1 Å². The summed E-state index contributed by atoms with van der Waals surface area (Å²) in [6.07, 6.45) is 4.54. The maximum Gasteiger partial charge on any atom is 0.242 e. The Bertz CT molecular complexity index is 597. The lowest BCUT2D eigenvalue weighted by Crippen LogP contribution is -2.42. The van der Waals surface area contributed by atoms with Crippen LogP contribution in [-0.4, -0.2) is 43.8 Å². The van der Waals surface area contributed by atoms with Crippen LogP contribution >= 0.6 is 0 Å². The van der Waals surface area contributed by atoms with Gasteiger partial charge in [-0.25, -0.2) is 13.1 Å². The molecule has 0 aromatic carbocycles. The van der Waals surface area contributed by atoms with E-state index in [0.717, 1.165) is 19.3 Å². The number of nitrogens with two attached hydrogens (primary N) is 1. The average Bonchev–Trinajstić information content (AvgIpc) is 2.53. The fourth-order valence-corrected chi connectivity index (χ4v) is 3.48. The molecule has 0 saturated carbocycles. The van der Waals surface area contributed by atoms with Crippen LogP contribution in [-0.2, 0) is 21.4 Å². The fraction of sp³-hybridized carbons (Fsp3) is 0.538. The number of likely N-dealkylation sites (tertiary alicyclic amines) is 1. The molecule has 0 atom stereocenters. The molecule has 21 heavy (non-hydrogen) atoms. The average molecular weight is 312 g/mol. The van der Waals surface area contributed by atoms with Gasteiger partial charge in [0.25, 0.3) is 0 Å². The van der Waals surface area contributed by atoms with Gasteiger partial charge in [0, 0.05) is 25.8 Å². The third-order valence-corrected chi connectivity index (χ3v) is 4.93. The van der Waals surface area contributed by atoms with E-state index in [2.05, 4.69) is 9.71 Å². The Morgan fingerprint density at radius 3 is 2.71 bits per heavy atom. The first-order chi connectivity index (χ1) is 10.0. The molecule has 1 amide bonds. The summed E-state index contributed by atoms with van der Waals surface area (Å²) in [7, 11) is -3.78. The molecule has 0 radical (unpaired) electrons. The van der Waals surface area contributed by atoms with E-state index >= 15 is 0 Å². The lowest BCUT2D eigenvalue weighted by atomic mass is 10.1. The van der Waals surface area contributed by atoms with Crippen molar-refractivity contribution in [2.24, 2.45) is 5.73 Å². The number of carbonyl (C=O) groups is 1. The summed E-state index contributed by atoms with van der Waals surface area (Å²) in [5, 5.41) is 0. The largest absolute Gasteiger partial charge is 0.342 e. The molecule has 8 heteroatoms. The van der Waals surface area contributed by atoms with Crippen molar-refractivity contribution in [2.45, 2.75) is 30.7 Å². The van der Waals surface area contributed by atoms with E-state index in [4.69, 9.17) is 5.73 Å². The van der Waals surface area contributed by atoms with Crippen molar-refractivity contribution in [1.82, 2.24) is 14.6 Å². The normalized spacial score (nSPS) is 16.0. The number of hydrogen-bond acceptors (Lipinski definition) is 5. The minimum Gasteiger partial charge on any atom is -0.342 e. The number of pyridine rings is 1. The first-order valence-electron chi connectivity index (χ1n) is 6.96.